The van der Waals surface area contributed by atoms with Gasteiger partial charge in [-0.3, -0.25) is 4.79 Å². The molecule has 8 nitrogen and oxygen atoms in total. The van der Waals surface area contributed by atoms with Gasteiger partial charge in [-0.05, 0) is 43.4 Å². The second kappa shape index (κ2) is 7.43. The number of oxime groups is 1. The molecule has 1 amide bonds. The van der Waals surface area contributed by atoms with E-state index in [0.29, 0.717) is 24.0 Å². The lowest BCUT2D eigenvalue weighted by atomic mass is 9.75. The summed E-state index contributed by atoms with van der Waals surface area (Å²) in [7, 11) is 0. The maximum Gasteiger partial charge on any atom is 0.433 e. The first-order valence-electron chi connectivity index (χ1n) is 10.6. The Labute approximate surface area is 192 Å². The number of nitrogens with two attached hydrogens (primary N) is 1. The number of nitrogens with zero attached hydrogens (tertiary/aromatic N) is 4. The quantitative estimate of drug-likeness (QED) is 0.655. The Morgan fingerprint density at radius 2 is 2.06 bits per heavy atom. The summed E-state index contributed by atoms with van der Waals surface area (Å²) in [6.07, 6.45) is -2.42. The number of hydrogen-bond acceptors (Lipinski definition) is 6. The van der Waals surface area contributed by atoms with Crippen LogP contribution in [0.4, 0.5) is 13.2 Å². The van der Waals surface area contributed by atoms with Crippen molar-refractivity contribution in [2.75, 3.05) is 0 Å². The highest BCUT2D eigenvalue weighted by Crippen LogP contribution is 2.54. The number of carbonyl (C=O) groups is 1. The first-order chi connectivity index (χ1) is 16.0. The molecule has 1 aliphatic carbocycles. The molecule has 0 spiro atoms. The SMILES string of the molecule is CC1=NC(C(C)(O)C#Cc2ccc3c(c2)-c2nc(C(N)=O)c(C(F)(F)F)n2C2CC3C2)C=NO1. The molecular weight excluding hydrogens is 451 g/mol. The Kier molecular flexibility index (Phi) is 4.84. The predicted octanol–water partition coefficient (Wildman–Crippen LogP) is 3.01. The lowest BCUT2D eigenvalue weighted by Crippen LogP contribution is -2.39. The standard InChI is InChI=1S/C23H20F3N5O3/c1-11-29-17(10-28-34-11)22(2,33)6-5-12-3-4-15-13-8-14(9-13)31-19(23(24,25)26)18(20(27)32)30-21(31)16(15)7-12/h3-4,7,10,13-14,17,33H,8-9H2,1-2H3,(H2,27,32). The number of imidazole rings is 1. The molecule has 3 aliphatic heterocycles. The summed E-state index contributed by atoms with van der Waals surface area (Å²) in [6.45, 7) is 3.08. The number of rotatable bonds is 2. The molecule has 1 aromatic carbocycles. The van der Waals surface area contributed by atoms with Gasteiger partial charge in [0.1, 0.15) is 11.9 Å². The number of carbonyl (C=O) groups excluding carboxylic acids is 1. The average Bonchev–Trinajstić information content (AvgIpc) is 3.02. The van der Waals surface area contributed by atoms with Crippen LogP contribution < -0.4 is 5.73 Å². The van der Waals surface area contributed by atoms with Crippen molar-refractivity contribution in [3.63, 3.8) is 0 Å². The third-order valence-electron chi connectivity index (χ3n) is 6.37. The second-order valence-electron chi connectivity index (χ2n) is 8.83. The Morgan fingerprint density at radius 1 is 1.32 bits per heavy atom. The van der Waals surface area contributed by atoms with Crippen LogP contribution in [0.25, 0.3) is 11.4 Å². The lowest BCUT2D eigenvalue weighted by Gasteiger charge is -2.35. The smallest absolute Gasteiger partial charge is 0.375 e. The van der Waals surface area contributed by atoms with Crippen LogP contribution in [0, 0.1) is 11.8 Å². The molecule has 2 aromatic rings. The van der Waals surface area contributed by atoms with Crippen molar-refractivity contribution >= 4 is 18.0 Å². The number of aliphatic imine (C=N–C) groups is 1. The molecule has 0 saturated heterocycles. The first kappa shape index (κ1) is 22.2. The molecule has 2 bridgehead atoms. The van der Waals surface area contributed by atoms with Gasteiger partial charge in [-0.1, -0.05) is 23.1 Å². The van der Waals surface area contributed by atoms with E-state index in [2.05, 4.69) is 27.0 Å². The van der Waals surface area contributed by atoms with E-state index >= 15 is 0 Å². The van der Waals surface area contributed by atoms with Crippen LogP contribution in [0.15, 0.2) is 28.3 Å². The monoisotopic (exact) mass is 471 g/mol. The summed E-state index contributed by atoms with van der Waals surface area (Å²) in [4.78, 5) is 24.9. The highest BCUT2D eigenvalue weighted by Gasteiger charge is 2.48. The van der Waals surface area contributed by atoms with Gasteiger partial charge in [0.2, 0.25) is 5.90 Å². The van der Waals surface area contributed by atoms with Crippen LogP contribution in [0.5, 0.6) is 0 Å². The minimum Gasteiger partial charge on any atom is -0.375 e. The number of amides is 1. The highest BCUT2D eigenvalue weighted by molar-refractivity contribution is 5.93. The predicted molar refractivity (Wildman–Crippen MR) is 116 cm³/mol. The van der Waals surface area contributed by atoms with Gasteiger partial charge in [0.25, 0.3) is 5.91 Å². The molecule has 176 valence electrons. The zero-order valence-corrected chi connectivity index (χ0v) is 18.2. The summed E-state index contributed by atoms with van der Waals surface area (Å²) in [5.41, 5.74) is 3.57. The van der Waals surface area contributed by atoms with Gasteiger partial charge in [0, 0.05) is 24.1 Å². The van der Waals surface area contributed by atoms with Crippen molar-refractivity contribution in [2.24, 2.45) is 15.9 Å². The molecule has 2 atom stereocenters. The van der Waals surface area contributed by atoms with Gasteiger partial charge in [0.05, 0.1) is 6.21 Å². The average molecular weight is 471 g/mol. The van der Waals surface area contributed by atoms with Crippen molar-refractivity contribution in [1.29, 1.82) is 0 Å². The summed E-state index contributed by atoms with van der Waals surface area (Å²) in [5, 5.41) is 14.5. The van der Waals surface area contributed by atoms with E-state index in [0.717, 1.165) is 10.1 Å². The van der Waals surface area contributed by atoms with Crippen LogP contribution in [-0.4, -0.2) is 44.3 Å². The fraction of sp³-hybridized carbons (Fsp3) is 0.391. The normalized spacial score (nSPS) is 24.2. The third-order valence-corrected chi connectivity index (χ3v) is 6.37. The van der Waals surface area contributed by atoms with Crippen LogP contribution in [-0.2, 0) is 11.0 Å². The molecule has 2 unspecified atom stereocenters. The highest BCUT2D eigenvalue weighted by atomic mass is 19.4. The van der Waals surface area contributed by atoms with Gasteiger partial charge >= 0.3 is 6.18 Å². The van der Waals surface area contributed by atoms with Crippen LogP contribution in [0.2, 0.25) is 0 Å². The largest absolute Gasteiger partial charge is 0.433 e. The molecule has 4 aliphatic rings. The number of benzene rings is 1. The molecule has 1 saturated carbocycles. The van der Waals surface area contributed by atoms with Gasteiger partial charge in [-0.2, -0.15) is 13.2 Å². The van der Waals surface area contributed by atoms with Crippen LogP contribution >= 0.6 is 0 Å². The topological polar surface area (TPSA) is 115 Å². The number of halogens is 3. The van der Waals surface area contributed by atoms with Crippen molar-refractivity contribution in [3.05, 3.63) is 40.7 Å². The number of hydrogen-bond donors (Lipinski definition) is 2. The molecule has 11 heteroatoms. The molecular formula is C23H20F3N5O3. The van der Waals surface area contributed by atoms with Crippen molar-refractivity contribution in [3.8, 4) is 23.2 Å². The zero-order valence-electron chi connectivity index (χ0n) is 18.2. The summed E-state index contributed by atoms with van der Waals surface area (Å²) in [5.74, 6) is 4.83. The fourth-order valence-electron chi connectivity index (χ4n) is 4.62. The van der Waals surface area contributed by atoms with Crippen LogP contribution in [0.3, 0.4) is 0 Å². The fourth-order valence-corrected chi connectivity index (χ4v) is 4.62. The van der Waals surface area contributed by atoms with E-state index in [1.807, 2.05) is 6.07 Å². The molecule has 6 rings (SSSR count). The second-order valence-corrected chi connectivity index (χ2v) is 8.83. The lowest BCUT2D eigenvalue weighted by molar-refractivity contribution is -0.145. The number of aromatic nitrogens is 2. The molecule has 34 heavy (non-hydrogen) atoms. The van der Waals surface area contributed by atoms with Crippen LogP contribution in [0.1, 0.15) is 66.0 Å². The Bertz CT molecular complexity index is 1320. The minimum absolute atomic E-state index is 0.0494. The van der Waals surface area contributed by atoms with Gasteiger partial charge in [-0.25, -0.2) is 9.98 Å². The zero-order chi connectivity index (χ0) is 24.4. The minimum atomic E-state index is -4.79. The maximum atomic E-state index is 13.9. The van der Waals surface area contributed by atoms with Gasteiger partial charge in [-0.15, -0.1) is 0 Å². The van der Waals surface area contributed by atoms with Gasteiger partial charge < -0.3 is 20.2 Å². The van der Waals surface area contributed by atoms with Gasteiger partial charge in [0.15, 0.2) is 17.0 Å². The molecule has 1 fully saturated rings. The Balaban J connectivity index is 1.61. The van der Waals surface area contributed by atoms with Crippen molar-refractivity contribution < 1.29 is 27.9 Å². The molecule has 0 radical (unpaired) electrons. The van der Waals surface area contributed by atoms with E-state index in [1.54, 1.807) is 19.1 Å². The van der Waals surface area contributed by atoms with E-state index in [9.17, 15) is 23.1 Å². The van der Waals surface area contributed by atoms with Crippen molar-refractivity contribution in [2.45, 2.75) is 56.5 Å². The Morgan fingerprint density at radius 3 is 2.71 bits per heavy atom. The molecule has 4 heterocycles. The molecule has 1 aromatic heterocycles. The number of primary amides is 1. The first-order valence-corrected chi connectivity index (χ1v) is 10.6. The summed E-state index contributed by atoms with van der Waals surface area (Å²) >= 11 is 0. The van der Waals surface area contributed by atoms with Crippen molar-refractivity contribution in [1.82, 2.24) is 9.55 Å². The number of alkyl halides is 3. The van der Waals surface area contributed by atoms with E-state index < -0.39 is 41.2 Å². The summed E-state index contributed by atoms with van der Waals surface area (Å²) < 4.78 is 42.9. The number of aliphatic hydroxyl groups is 1. The van der Waals surface area contributed by atoms with E-state index in [-0.39, 0.29) is 17.6 Å². The maximum absolute atomic E-state index is 13.9. The summed E-state index contributed by atoms with van der Waals surface area (Å²) in [6, 6.07) is 4.03. The Hall–Kier alpha value is -3.65. The van der Waals surface area contributed by atoms with E-state index in [4.69, 9.17) is 10.6 Å². The molecule has 3 N–H and O–H groups in total. The third kappa shape index (κ3) is 3.54. The van der Waals surface area contributed by atoms with E-state index in [1.165, 1.54) is 13.1 Å².